The fourth-order valence-electron chi connectivity index (χ4n) is 5.63. The molecule has 0 unspecified atom stereocenters. The Hall–Kier alpha value is -4.58. The first-order valence-electron chi connectivity index (χ1n) is 12.4. The highest BCUT2D eigenvalue weighted by atomic mass is 19.2. The second kappa shape index (κ2) is 9.02. The van der Waals surface area contributed by atoms with E-state index in [4.69, 9.17) is 0 Å². The van der Waals surface area contributed by atoms with Crippen LogP contribution in [0.1, 0.15) is 23.2 Å². The maximum Gasteiger partial charge on any atom is 0.341 e. The van der Waals surface area contributed by atoms with Crippen LogP contribution in [0.4, 0.5) is 20.2 Å². The van der Waals surface area contributed by atoms with E-state index in [0.29, 0.717) is 52.0 Å². The smallest absolute Gasteiger partial charge is 0.341 e. The van der Waals surface area contributed by atoms with Crippen molar-refractivity contribution in [1.29, 1.82) is 0 Å². The number of aryl methyl sites for hydroxylation is 1. The minimum Gasteiger partial charge on any atom is -0.477 e. The summed E-state index contributed by atoms with van der Waals surface area (Å²) in [7, 11) is 3.20. The summed E-state index contributed by atoms with van der Waals surface area (Å²) in [5, 5.41) is 23.0. The number of anilines is 2. The molecule has 1 aliphatic heterocycles. The molecular weight excluding hydrogens is 510 g/mol. The normalized spacial score (nSPS) is 15.6. The minimum absolute atomic E-state index is 0.0140. The van der Waals surface area contributed by atoms with Crippen LogP contribution in [0, 0.1) is 11.6 Å². The zero-order valence-electron chi connectivity index (χ0n) is 21.0. The van der Waals surface area contributed by atoms with Crippen molar-refractivity contribution in [3.63, 3.8) is 0 Å². The van der Waals surface area contributed by atoms with Gasteiger partial charge in [-0.05, 0) is 18.9 Å². The number of aromatic amines is 1. The third kappa shape index (κ3) is 3.62. The number of aliphatic hydroxyl groups is 1. The van der Waals surface area contributed by atoms with Gasteiger partial charge in [-0.3, -0.25) is 4.79 Å². The average Bonchev–Trinajstić information content (AvgIpc) is 3.56. The van der Waals surface area contributed by atoms with Crippen LogP contribution in [-0.2, 0) is 7.05 Å². The lowest BCUT2D eigenvalue weighted by atomic mass is 10.0. The van der Waals surface area contributed by atoms with Gasteiger partial charge in [0, 0.05) is 56.4 Å². The Morgan fingerprint density at radius 3 is 2.74 bits per heavy atom. The quantitative estimate of drug-likeness (QED) is 0.269. The van der Waals surface area contributed by atoms with Crippen molar-refractivity contribution in [3.8, 4) is 11.1 Å². The molecule has 5 aromatic rings. The maximum absolute atomic E-state index is 15.5. The van der Waals surface area contributed by atoms with E-state index in [9.17, 15) is 24.2 Å². The Labute approximate surface area is 219 Å². The van der Waals surface area contributed by atoms with Gasteiger partial charge in [0.25, 0.3) is 0 Å². The van der Waals surface area contributed by atoms with Crippen molar-refractivity contribution in [2.24, 2.45) is 7.05 Å². The highest BCUT2D eigenvalue weighted by Gasteiger charge is 2.31. The summed E-state index contributed by atoms with van der Waals surface area (Å²) in [6, 6.07) is 2.33. The van der Waals surface area contributed by atoms with Crippen molar-refractivity contribution < 1.29 is 23.8 Å². The molecule has 0 aliphatic carbocycles. The predicted molar refractivity (Wildman–Crippen MR) is 143 cm³/mol. The van der Waals surface area contributed by atoms with Crippen LogP contribution in [0.5, 0.6) is 0 Å². The molecule has 1 atom stereocenters. The summed E-state index contributed by atoms with van der Waals surface area (Å²) in [5.41, 5.74) is 1.66. The molecule has 10 nitrogen and oxygen atoms in total. The van der Waals surface area contributed by atoms with Crippen LogP contribution in [0.3, 0.4) is 0 Å². The van der Waals surface area contributed by atoms with Gasteiger partial charge in [0.05, 0.1) is 45.7 Å². The molecule has 200 valence electrons. The van der Waals surface area contributed by atoms with E-state index in [2.05, 4.69) is 20.3 Å². The number of aromatic nitrogens is 4. The second-order valence-electron chi connectivity index (χ2n) is 9.64. The van der Waals surface area contributed by atoms with Gasteiger partial charge in [-0.25, -0.2) is 23.5 Å². The summed E-state index contributed by atoms with van der Waals surface area (Å²) in [6.07, 6.45) is 5.77. The first kappa shape index (κ1) is 24.7. The van der Waals surface area contributed by atoms with Crippen LogP contribution < -0.4 is 15.6 Å². The van der Waals surface area contributed by atoms with E-state index < -0.39 is 28.6 Å². The molecule has 1 aromatic carbocycles. The number of fused-ring (bicyclic) bond motifs is 4. The van der Waals surface area contributed by atoms with E-state index in [0.717, 1.165) is 12.5 Å². The number of nitrogens with one attached hydrogen (secondary N) is 2. The molecule has 39 heavy (non-hydrogen) atoms. The standard InChI is InChI=1S/C27H24F2N6O4/c1-30-18-7-17(28)21(29)19-20-23(35-5-3-4-13(35)11-36)15(9-31-25(20)33-22(18)19)12-6-14-24(37)16(27(38)39)10-34(2)26(14)32-8-12/h6-10,13,30,36H,3-5,11H2,1-2H3,(H,31,33)(H,38,39)/t13-/m0/s1. The number of halogens is 2. The molecule has 4 aromatic heterocycles. The number of rotatable bonds is 5. The van der Waals surface area contributed by atoms with E-state index >= 15 is 4.39 Å². The zero-order valence-corrected chi connectivity index (χ0v) is 21.0. The summed E-state index contributed by atoms with van der Waals surface area (Å²) < 4.78 is 31.7. The summed E-state index contributed by atoms with van der Waals surface area (Å²) in [5.74, 6) is -3.42. The largest absolute Gasteiger partial charge is 0.477 e. The lowest BCUT2D eigenvalue weighted by Gasteiger charge is -2.28. The Morgan fingerprint density at radius 1 is 1.23 bits per heavy atom. The highest BCUT2D eigenvalue weighted by Crippen LogP contribution is 2.45. The number of carbonyl (C=O) groups is 1. The van der Waals surface area contributed by atoms with Gasteiger partial charge < -0.3 is 30.0 Å². The summed E-state index contributed by atoms with van der Waals surface area (Å²) in [6.45, 7) is 0.397. The fourth-order valence-corrected chi connectivity index (χ4v) is 5.63. The van der Waals surface area contributed by atoms with E-state index in [-0.39, 0.29) is 29.1 Å². The molecule has 0 spiro atoms. The predicted octanol–water partition coefficient (Wildman–Crippen LogP) is 3.61. The molecule has 4 N–H and O–H groups in total. The summed E-state index contributed by atoms with van der Waals surface area (Å²) in [4.78, 5) is 38.7. The molecule has 0 bridgehead atoms. The highest BCUT2D eigenvalue weighted by molar-refractivity contribution is 6.18. The van der Waals surface area contributed by atoms with Crippen molar-refractivity contribution in [2.75, 3.05) is 30.4 Å². The van der Waals surface area contributed by atoms with Crippen molar-refractivity contribution >= 4 is 50.3 Å². The van der Waals surface area contributed by atoms with Crippen LogP contribution >= 0.6 is 0 Å². The van der Waals surface area contributed by atoms with Crippen molar-refractivity contribution in [2.45, 2.75) is 18.9 Å². The van der Waals surface area contributed by atoms with Gasteiger partial charge in [0.1, 0.15) is 16.9 Å². The number of hydrogen-bond donors (Lipinski definition) is 4. The number of aromatic carboxylic acids is 1. The van der Waals surface area contributed by atoms with Crippen LogP contribution in [-0.4, -0.2) is 61.9 Å². The van der Waals surface area contributed by atoms with Crippen LogP contribution in [0.2, 0.25) is 0 Å². The number of benzene rings is 1. The monoisotopic (exact) mass is 534 g/mol. The molecule has 0 amide bonds. The second-order valence-corrected chi connectivity index (χ2v) is 9.64. The van der Waals surface area contributed by atoms with Crippen LogP contribution in [0.15, 0.2) is 35.5 Å². The van der Waals surface area contributed by atoms with E-state index in [1.807, 2.05) is 4.90 Å². The molecule has 1 aliphatic rings. The molecule has 0 radical (unpaired) electrons. The number of pyridine rings is 3. The Bertz CT molecular complexity index is 1880. The number of carboxylic acid groups (broad SMARTS) is 1. The van der Waals surface area contributed by atoms with Gasteiger partial charge in [-0.15, -0.1) is 0 Å². The molecule has 5 heterocycles. The number of nitrogens with zero attached hydrogens (tertiary/aromatic N) is 4. The van der Waals surface area contributed by atoms with E-state index in [1.165, 1.54) is 23.0 Å². The van der Waals surface area contributed by atoms with E-state index in [1.54, 1.807) is 20.3 Å². The number of aliphatic hydroxyl groups excluding tert-OH is 1. The number of carboxylic acids is 1. The van der Waals surface area contributed by atoms with Gasteiger partial charge in [-0.1, -0.05) is 0 Å². The molecule has 1 fully saturated rings. The number of H-pyrrole nitrogens is 1. The Balaban J connectivity index is 1.73. The first-order chi connectivity index (χ1) is 18.7. The maximum atomic E-state index is 15.5. The number of hydrogen-bond acceptors (Lipinski definition) is 7. The third-order valence-corrected chi connectivity index (χ3v) is 7.46. The third-order valence-electron chi connectivity index (χ3n) is 7.46. The van der Waals surface area contributed by atoms with Gasteiger partial charge in [0.15, 0.2) is 11.6 Å². The molecule has 6 rings (SSSR count). The topological polar surface area (TPSA) is 136 Å². The molecule has 12 heteroatoms. The Morgan fingerprint density at radius 2 is 2.03 bits per heavy atom. The van der Waals surface area contributed by atoms with Gasteiger partial charge >= 0.3 is 5.97 Å². The lowest BCUT2D eigenvalue weighted by molar-refractivity contribution is 0.0695. The minimum atomic E-state index is -1.36. The van der Waals surface area contributed by atoms with Gasteiger partial charge in [0.2, 0.25) is 5.43 Å². The van der Waals surface area contributed by atoms with Crippen LogP contribution in [0.25, 0.3) is 44.1 Å². The van der Waals surface area contributed by atoms with Crippen molar-refractivity contribution in [3.05, 3.63) is 58.1 Å². The molecule has 0 saturated carbocycles. The molecular formula is C27H24F2N6O4. The average molecular weight is 535 g/mol. The van der Waals surface area contributed by atoms with Crippen molar-refractivity contribution in [1.82, 2.24) is 19.5 Å². The Kier molecular flexibility index (Phi) is 5.72. The summed E-state index contributed by atoms with van der Waals surface area (Å²) >= 11 is 0. The SMILES string of the molecule is CNc1cc(F)c(F)c2c1[nH]c1ncc(-c3cnc4c(c3)c(=O)c(C(=O)O)cn4C)c(N3CCC[C@H]3CO)c12. The lowest BCUT2D eigenvalue weighted by Crippen LogP contribution is -2.32. The molecule has 1 saturated heterocycles. The fraction of sp³-hybridized carbons (Fsp3) is 0.259. The zero-order chi connectivity index (χ0) is 27.6. The van der Waals surface area contributed by atoms with Gasteiger partial charge in [-0.2, -0.15) is 0 Å². The first-order valence-corrected chi connectivity index (χ1v) is 12.4.